The van der Waals surface area contributed by atoms with Crippen LogP contribution in [-0.2, 0) is 0 Å². The lowest BCUT2D eigenvalue weighted by Gasteiger charge is -2.27. The van der Waals surface area contributed by atoms with Crippen molar-refractivity contribution in [3.05, 3.63) is 33.4 Å². The number of carbonyl (C=O) groups is 1. The first-order valence-electron chi connectivity index (χ1n) is 6.42. The number of benzene rings is 1. The van der Waals surface area contributed by atoms with Crippen LogP contribution in [0.4, 0.5) is 0 Å². The van der Waals surface area contributed by atoms with Crippen molar-refractivity contribution in [2.24, 2.45) is 0 Å². The molecule has 1 fully saturated rings. The first-order chi connectivity index (χ1) is 8.70. The lowest BCUT2D eigenvalue weighted by Crippen LogP contribution is -2.37. The summed E-state index contributed by atoms with van der Waals surface area (Å²) in [5.41, 5.74) is 0.817. The van der Waals surface area contributed by atoms with Gasteiger partial charge in [0, 0.05) is 16.7 Å². The molecule has 1 unspecified atom stereocenters. The molecular weight excluding hydrogens is 339 g/mol. The number of nitrogens with one attached hydrogen (secondary N) is 1. The van der Waals surface area contributed by atoms with E-state index in [0.717, 1.165) is 41.5 Å². The average molecular weight is 358 g/mol. The van der Waals surface area contributed by atoms with E-state index in [9.17, 15) is 4.79 Å². The molecular formula is C14H19IN2O. The largest absolute Gasteiger partial charge is 0.339 e. The summed E-state index contributed by atoms with van der Waals surface area (Å²) in [4.78, 5) is 14.4. The van der Waals surface area contributed by atoms with Gasteiger partial charge in [0.25, 0.3) is 5.91 Å². The fourth-order valence-electron chi connectivity index (χ4n) is 2.38. The van der Waals surface area contributed by atoms with Crippen LogP contribution in [0.1, 0.15) is 29.6 Å². The van der Waals surface area contributed by atoms with Crippen molar-refractivity contribution >= 4 is 28.5 Å². The highest BCUT2D eigenvalue weighted by Crippen LogP contribution is 2.18. The normalized spacial score (nSPS) is 20.2. The van der Waals surface area contributed by atoms with E-state index in [-0.39, 0.29) is 5.91 Å². The third kappa shape index (κ3) is 3.23. The van der Waals surface area contributed by atoms with E-state index in [1.165, 1.54) is 0 Å². The van der Waals surface area contributed by atoms with Crippen LogP contribution in [0.15, 0.2) is 24.3 Å². The molecule has 0 aliphatic carbocycles. The molecule has 2 rings (SSSR count). The van der Waals surface area contributed by atoms with Gasteiger partial charge in [-0.25, -0.2) is 0 Å². The van der Waals surface area contributed by atoms with Gasteiger partial charge in [-0.15, -0.1) is 0 Å². The second kappa shape index (κ2) is 6.52. The Bertz CT molecular complexity index is 414. The van der Waals surface area contributed by atoms with Crippen LogP contribution in [0.5, 0.6) is 0 Å². The maximum Gasteiger partial charge on any atom is 0.254 e. The van der Waals surface area contributed by atoms with Gasteiger partial charge in [-0.05, 0) is 67.1 Å². The summed E-state index contributed by atoms with van der Waals surface area (Å²) >= 11 is 2.23. The number of rotatable bonds is 2. The zero-order valence-corrected chi connectivity index (χ0v) is 12.8. The van der Waals surface area contributed by atoms with Crippen LogP contribution < -0.4 is 5.32 Å². The van der Waals surface area contributed by atoms with Crippen molar-refractivity contribution in [3.8, 4) is 0 Å². The lowest BCUT2D eigenvalue weighted by molar-refractivity contribution is 0.0719. The van der Waals surface area contributed by atoms with Crippen molar-refractivity contribution in [1.82, 2.24) is 10.2 Å². The van der Waals surface area contributed by atoms with E-state index in [1.54, 1.807) is 0 Å². The minimum atomic E-state index is 0.145. The van der Waals surface area contributed by atoms with Crippen LogP contribution in [0.25, 0.3) is 0 Å². The molecule has 1 atom stereocenters. The zero-order chi connectivity index (χ0) is 13.0. The molecule has 1 heterocycles. The molecule has 0 radical (unpaired) electrons. The lowest BCUT2D eigenvalue weighted by atomic mass is 10.1. The van der Waals surface area contributed by atoms with Crippen LogP contribution in [0.2, 0.25) is 0 Å². The molecule has 4 heteroatoms. The minimum Gasteiger partial charge on any atom is -0.339 e. The number of nitrogens with zero attached hydrogens (tertiary/aromatic N) is 1. The highest BCUT2D eigenvalue weighted by atomic mass is 127. The standard InChI is InChI=1S/C14H19IN2O/c1-17(11-5-4-9-16-10-8-11)14(18)12-6-2-3-7-13(12)15/h2-3,6-7,11,16H,4-5,8-10H2,1H3. The number of hydrogen-bond acceptors (Lipinski definition) is 2. The van der Waals surface area contributed by atoms with Crippen LogP contribution >= 0.6 is 22.6 Å². The van der Waals surface area contributed by atoms with Gasteiger partial charge in [-0.3, -0.25) is 4.79 Å². The fourth-order valence-corrected chi connectivity index (χ4v) is 3.00. The second-order valence-electron chi connectivity index (χ2n) is 4.73. The predicted octanol–water partition coefficient (Wildman–Crippen LogP) is 2.51. The Hall–Kier alpha value is -0.620. The van der Waals surface area contributed by atoms with Gasteiger partial charge in [-0.1, -0.05) is 12.1 Å². The molecule has 98 valence electrons. The molecule has 1 N–H and O–H groups in total. The highest BCUT2D eigenvalue weighted by molar-refractivity contribution is 14.1. The van der Waals surface area contributed by atoms with Gasteiger partial charge in [0.15, 0.2) is 0 Å². The van der Waals surface area contributed by atoms with Gasteiger partial charge in [0.1, 0.15) is 0 Å². The molecule has 1 aliphatic heterocycles. The summed E-state index contributed by atoms with van der Waals surface area (Å²) in [6, 6.07) is 8.15. The third-order valence-corrected chi connectivity index (χ3v) is 4.46. The van der Waals surface area contributed by atoms with Crippen molar-refractivity contribution in [2.75, 3.05) is 20.1 Å². The Morgan fingerprint density at radius 3 is 2.89 bits per heavy atom. The topological polar surface area (TPSA) is 32.3 Å². The second-order valence-corrected chi connectivity index (χ2v) is 5.89. The Balaban J connectivity index is 2.10. The van der Waals surface area contributed by atoms with Crippen LogP contribution in [0.3, 0.4) is 0 Å². The molecule has 1 saturated heterocycles. The Labute approximate surface area is 122 Å². The molecule has 1 amide bonds. The van der Waals surface area contributed by atoms with Crippen molar-refractivity contribution in [1.29, 1.82) is 0 Å². The van der Waals surface area contributed by atoms with E-state index in [0.29, 0.717) is 6.04 Å². The first-order valence-corrected chi connectivity index (χ1v) is 7.50. The van der Waals surface area contributed by atoms with Crippen LogP contribution in [0, 0.1) is 3.57 Å². The summed E-state index contributed by atoms with van der Waals surface area (Å²) in [5.74, 6) is 0.145. The van der Waals surface area contributed by atoms with Crippen LogP contribution in [-0.4, -0.2) is 37.0 Å². The van der Waals surface area contributed by atoms with Crippen molar-refractivity contribution in [3.63, 3.8) is 0 Å². The minimum absolute atomic E-state index is 0.145. The monoisotopic (exact) mass is 358 g/mol. The smallest absolute Gasteiger partial charge is 0.254 e. The molecule has 0 bridgehead atoms. The maximum absolute atomic E-state index is 12.5. The van der Waals surface area contributed by atoms with Crippen molar-refractivity contribution in [2.45, 2.75) is 25.3 Å². The number of carbonyl (C=O) groups excluding carboxylic acids is 1. The van der Waals surface area contributed by atoms with E-state index < -0.39 is 0 Å². The number of hydrogen-bond donors (Lipinski definition) is 1. The van der Waals surface area contributed by atoms with E-state index in [2.05, 4.69) is 27.9 Å². The predicted molar refractivity (Wildman–Crippen MR) is 81.8 cm³/mol. The van der Waals surface area contributed by atoms with E-state index >= 15 is 0 Å². The quantitative estimate of drug-likeness (QED) is 0.824. The number of amides is 1. The molecule has 0 saturated carbocycles. The fraction of sp³-hybridized carbons (Fsp3) is 0.500. The highest BCUT2D eigenvalue weighted by Gasteiger charge is 2.22. The maximum atomic E-state index is 12.5. The number of halogens is 1. The summed E-state index contributed by atoms with van der Waals surface area (Å²) < 4.78 is 1.03. The third-order valence-electron chi connectivity index (χ3n) is 3.52. The molecule has 0 spiro atoms. The SMILES string of the molecule is CN(C(=O)c1ccccc1I)C1CCCNCC1. The van der Waals surface area contributed by atoms with Gasteiger partial charge in [-0.2, -0.15) is 0 Å². The Morgan fingerprint density at radius 1 is 1.33 bits per heavy atom. The summed E-state index contributed by atoms with van der Waals surface area (Å²) in [7, 11) is 1.93. The molecule has 1 aromatic rings. The summed E-state index contributed by atoms with van der Waals surface area (Å²) in [6.45, 7) is 2.08. The van der Waals surface area contributed by atoms with E-state index in [4.69, 9.17) is 0 Å². The zero-order valence-electron chi connectivity index (χ0n) is 10.7. The van der Waals surface area contributed by atoms with Gasteiger partial charge in [0.2, 0.25) is 0 Å². The van der Waals surface area contributed by atoms with Gasteiger partial charge in [0.05, 0.1) is 5.56 Å². The van der Waals surface area contributed by atoms with Gasteiger partial charge < -0.3 is 10.2 Å². The molecule has 0 aromatic heterocycles. The molecule has 1 aliphatic rings. The summed E-state index contributed by atoms with van der Waals surface area (Å²) in [5, 5.41) is 3.38. The Morgan fingerprint density at radius 2 is 2.11 bits per heavy atom. The van der Waals surface area contributed by atoms with Crippen molar-refractivity contribution < 1.29 is 4.79 Å². The van der Waals surface area contributed by atoms with E-state index in [1.807, 2.05) is 36.2 Å². The molecule has 3 nitrogen and oxygen atoms in total. The molecule has 18 heavy (non-hydrogen) atoms. The molecule has 1 aromatic carbocycles. The first kappa shape index (κ1) is 13.8. The summed E-state index contributed by atoms with van der Waals surface area (Å²) in [6.07, 6.45) is 3.29. The van der Waals surface area contributed by atoms with Gasteiger partial charge >= 0.3 is 0 Å². The average Bonchev–Trinajstić information content (AvgIpc) is 2.66. The Kier molecular flexibility index (Phi) is 5.00.